The molecule has 0 bridgehead atoms. The van der Waals surface area contributed by atoms with Crippen LogP contribution in [0.4, 0.5) is 5.69 Å². The van der Waals surface area contributed by atoms with Crippen LogP contribution in [0.5, 0.6) is 0 Å². The predicted molar refractivity (Wildman–Crippen MR) is 91.6 cm³/mol. The first kappa shape index (κ1) is 16.6. The molecule has 1 amide bonds. The number of nitrogens with zero attached hydrogens (tertiary/aromatic N) is 3. The van der Waals surface area contributed by atoms with Crippen molar-refractivity contribution < 1.29 is 9.53 Å². The number of pyridine rings is 1. The molecule has 1 aliphatic rings. The smallest absolute Gasteiger partial charge is 0.250 e. The third kappa shape index (κ3) is 4.41. The Morgan fingerprint density at radius 3 is 2.79 bits per heavy atom. The second-order valence-electron chi connectivity index (χ2n) is 6.33. The molecule has 3 rings (SSSR count). The van der Waals surface area contributed by atoms with E-state index in [9.17, 15) is 4.79 Å². The van der Waals surface area contributed by atoms with Crippen LogP contribution in [-0.4, -0.2) is 27.3 Å². The molecular formula is C18H24N4O2. The maximum Gasteiger partial charge on any atom is 0.250 e. The number of nitrogens with one attached hydrogen (secondary N) is 1. The molecule has 0 radical (unpaired) electrons. The van der Waals surface area contributed by atoms with Crippen molar-refractivity contribution in [3.05, 3.63) is 42.0 Å². The molecule has 2 aromatic rings. The number of amides is 1. The number of carbonyl (C=O) groups is 1. The van der Waals surface area contributed by atoms with Crippen LogP contribution in [0, 0.1) is 0 Å². The van der Waals surface area contributed by atoms with Crippen LogP contribution < -0.4 is 5.32 Å². The van der Waals surface area contributed by atoms with Crippen LogP contribution in [0.3, 0.4) is 0 Å². The Balaban J connectivity index is 1.54. The van der Waals surface area contributed by atoms with Gasteiger partial charge in [0.05, 0.1) is 18.0 Å². The zero-order chi connectivity index (χ0) is 16.8. The quantitative estimate of drug-likeness (QED) is 0.885. The Morgan fingerprint density at radius 1 is 1.29 bits per heavy atom. The molecule has 24 heavy (non-hydrogen) atoms. The van der Waals surface area contributed by atoms with E-state index in [2.05, 4.69) is 15.4 Å². The molecule has 0 aliphatic heterocycles. The molecule has 2 heterocycles. The molecule has 2 aromatic heterocycles. The first-order chi connectivity index (χ1) is 11.7. The molecule has 0 unspecified atom stereocenters. The van der Waals surface area contributed by atoms with Gasteiger partial charge in [-0.1, -0.05) is 19.3 Å². The second kappa shape index (κ2) is 8.06. The number of carbonyl (C=O) groups excluding carboxylic acids is 1. The van der Waals surface area contributed by atoms with Crippen molar-refractivity contribution in [2.24, 2.45) is 7.05 Å². The molecule has 1 saturated carbocycles. The number of aromatic nitrogens is 3. The minimum Gasteiger partial charge on any atom is -0.367 e. The summed E-state index contributed by atoms with van der Waals surface area (Å²) in [6.45, 7) is 0.430. The van der Waals surface area contributed by atoms with E-state index in [0.29, 0.717) is 12.5 Å². The highest BCUT2D eigenvalue weighted by atomic mass is 16.5. The lowest BCUT2D eigenvalue weighted by atomic mass is 9.86. The number of anilines is 1. The van der Waals surface area contributed by atoms with Crippen molar-refractivity contribution in [2.75, 3.05) is 11.9 Å². The van der Waals surface area contributed by atoms with Gasteiger partial charge in [-0.25, -0.2) is 0 Å². The number of hydrogen-bond acceptors (Lipinski definition) is 4. The summed E-state index contributed by atoms with van der Waals surface area (Å²) < 4.78 is 7.25. The van der Waals surface area contributed by atoms with Gasteiger partial charge in [0.25, 0.3) is 0 Å². The standard InChI is InChI=1S/C18H24N4O2/c1-22-11-16(18(21-22)15-5-3-2-4-6-15)20-17(23)13-24-12-14-7-9-19-10-8-14/h7-11,15H,2-6,12-13H2,1H3,(H,20,23). The van der Waals surface area contributed by atoms with Crippen molar-refractivity contribution in [1.29, 1.82) is 0 Å². The lowest BCUT2D eigenvalue weighted by Crippen LogP contribution is -2.19. The van der Waals surface area contributed by atoms with Crippen LogP contribution in [0.2, 0.25) is 0 Å². The minimum absolute atomic E-state index is 0.0291. The summed E-state index contributed by atoms with van der Waals surface area (Å²) in [5, 5.41) is 7.52. The molecule has 6 heteroatoms. The Hall–Kier alpha value is -2.21. The van der Waals surface area contributed by atoms with E-state index in [1.807, 2.05) is 25.4 Å². The molecule has 0 atom stereocenters. The van der Waals surface area contributed by atoms with Gasteiger partial charge in [-0.2, -0.15) is 5.10 Å². The highest BCUT2D eigenvalue weighted by Crippen LogP contribution is 2.35. The maximum atomic E-state index is 12.2. The highest BCUT2D eigenvalue weighted by Gasteiger charge is 2.22. The topological polar surface area (TPSA) is 69.0 Å². The van der Waals surface area contributed by atoms with E-state index in [0.717, 1.165) is 29.8 Å². The Labute approximate surface area is 142 Å². The van der Waals surface area contributed by atoms with Crippen LogP contribution >= 0.6 is 0 Å². The monoisotopic (exact) mass is 328 g/mol. The molecule has 0 saturated heterocycles. The molecule has 0 aromatic carbocycles. The van der Waals surface area contributed by atoms with Crippen molar-refractivity contribution in [3.8, 4) is 0 Å². The first-order valence-corrected chi connectivity index (χ1v) is 8.52. The molecule has 1 N–H and O–H groups in total. The van der Waals surface area contributed by atoms with Crippen molar-refractivity contribution in [2.45, 2.75) is 44.6 Å². The van der Waals surface area contributed by atoms with Gasteiger partial charge >= 0.3 is 0 Å². The average Bonchev–Trinajstić information content (AvgIpc) is 2.97. The van der Waals surface area contributed by atoms with Crippen LogP contribution in [-0.2, 0) is 23.2 Å². The van der Waals surface area contributed by atoms with E-state index in [1.165, 1.54) is 19.3 Å². The Morgan fingerprint density at radius 2 is 2.04 bits per heavy atom. The van der Waals surface area contributed by atoms with E-state index in [1.54, 1.807) is 17.1 Å². The normalized spacial score (nSPS) is 15.4. The van der Waals surface area contributed by atoms with Gasteiger partial charge in [-0.05, 0) is 30.5 Å². The summed E-state index contributed by atoms with van der Waals surface area (Å²) in [5.74, 6) is 0.308. The van der Waals surface area contributed by atoms with Gasteiger partial charge in [-0.15, -0.1) is 0 Å². The predicted octanol–water partition coefficient (Wildman–Crippen LogP) is 3.02. The molecule has 6 nitrogen and oxygen atoms in total. The second-order valence-corrected chi connectivity index (χ2v) is 6.33. The fraction of sp³-hybridized carbons (Fsp3) is 0.500. The molecular weight excluding hydrogens is 304 g/mol. The number of ether oxygens (including phenoxy) is 1. The van der Waals surface area contributed by atoms with E-state index >= 15 is 0 Å². The molecule has 1 aliphatic carbocycles. The van der Waals surface area contributed by atoms with Crippen LogP contribution in [0.25, 0.3) is 0 Å². The van der Waals surface area contributed by atoms with E-state index < -0.39 is 0 Å². The fourth-order valence-corrected chi connectivity index (χ4v) is 3.21. The van der Waals surface area contributed by atoms with Crippen molar-refractivity contribution >= 4 is 11.6 Å². The van der Waals surface area contributed by atoms with Gasteiger partial charge < -0.3 is 10.1 Å². The maximum absolute atomic E-state index is 12.2. The summed E-state index contributed by atoms with van der Waals surface area (Å²) in [5.41, 5.74) is 2.84. The summed E-state index contributed by atoms with van der Waals surface area (Å²) in [7, 11) is 1.89. The number of hydrogen-bond donors (Lipinski definition) is 1. The van der Waals surface area contributed by atoms with Gasteiger partial charge in [0, 0.05) is 31.6 Å². The Bertz CT molecular complexity index is 663. The summed E-state index contributed by atoms with van der Waals surface area (Å²) in [6, 6.07) is 3.75. The lowest BCUT2D eigenvalue weighted by molar-refractivity contribution is -0.121. The van der Waals surface area contributed by atoms with Gasteiger partial charge in [0.2, 0.25) is 5.91 Å². The molecule has 0 spiro atoms. The van der Waals surface area contributed by atoms with Gasteiger partial charge in [0.1, 0.15) is 6.61 Å². The highest BCUT2D eigenvalue weighted by molar-refractivity contribution is 5.92. The van der Waals surface area contributed by atoms with Crippen LogP contribution in [0.15, 0.2) is 30.7 Å². The zero-order valence-electron chi connectivity index (χ0n) is 14.1. The third-order valence-electron chi connectivity index (χ3n) is 4.37. The summed E-state index contributed by atoms with van der Waals surface area (Å²) in [4.78, 5) is 16.1. The van der Waals surface area contributed by atoms with E-state index in [-0.39, 0.29) is 12.5 Å². The fourth-order valence-electron chi connectivity index (χ4n) is 3.21. The summed E-state index contributed by atoms with van der Waals surface area (Å²) in [6.07, 6.45) is 11.4. The van der Waals surface area contributed by atoms with E-state index in [4.69, 9.17) is 4.74 Å². The Kier molecular flexibility index (Phi) is 5.59. The number of rotatable bonds is 6. The minimum atomic E-state index is -0.144. The summed E-state index contributed by atoms with van der Waals surface area (Å²) >= 11 is 0. The van der Waals surface area contributed by atoms with Gasteiger partial charge in [0.15, 0.2) is 0 Å². The largest absolute Gasteiger partial charge is 0.367 e. The van der Waals surface area contributed by atoms with Crippen LogP contribution in [0.1, 0.15) is 49.3 Å². The SMILES string of the molecule is Cn1cc(NC(=O)COCc2ccncc2)c(C2CCCCC2)n1. The van der Waals surface area contributed by atoms with Crippen molar-refractivity contribution in [1.82, 2.24) is 14.8 Å². The third-order valence-corrected chi connectivity index (χ3v) is 4.37. The zero-order valence-corrected chi connectivity index (χ0v) is 14.1. The average molecular weight is 328 g/mol. The lowest BCUT2D eigenvalue weighted by Gasteiger charge is -2.20. The molecule has 128 valence electrons. The molecule has 1 fully saturated rings. The van der Waals surface area contributed by atoms with Gasteiger partial charge in [-0.3, -0.25) is 14.5 Å². The first-order valence-electron chi connectivity index (χ1n) is 8.52. The van der Waals surface area contributed by atoms with Crippen molar-refractivity contribution in [3.63, 3.8) is 0 Å². The number of aryl methyl sites for hydroxylation is 1.